The van der Waals surface area contributed by atoms with E-state index in [-0.39, 0.29) is 25.0 Å². The van der Waals surface area contributed by atoms with E-state index in [1.54, 1.807) is 45.3 Å². The summed E-state index contributed by atoms with van der Waals surface area (Å²) >= 11 is 0. The van der Waals surface area contributed by atoms with Crippen molar-refractivity contribution in [1.29, 1.82) is 0 Å². The Bertz CT molecular complexity index is 1310. The van der Waals surface area contributed by atoms with Crippen LogP contribution < -0.4 is 19.1 Å². The normalized spacial score (nSPS) is 14.4. The molecular weight excluding hydrogens is 505 g/mol. The molecule has 0 saturated heterocycles. The van der Waals surface area contributed by atoms with Gasteiger partial charge in [-0.25, -0.2) is 4.39 Å². The van der Waals surface area contributed by atoms with Crippen LogP contribution >= 0.6 is 0 Å². The van der Waals surface area contributed by atoms with E-state index in [4.69, 9.17) is 18.9 Å². The number of anilines is 1. The molecule has 1 heterocycles. The third-order valence-electron chi connectivity index (χ3n) is 6.24. The number of fused-ring (bicyclic) bond motifs is 1. The van der Waals surface area contributed by atoms with Crippen molar-refractivity contribution in [2.24, 2.45) is 0 Å². The quantitative estimate of drug-likeness (QED) is 0.373. The molecule has 8 nitrogen and oxygen atoms in total. The lowest BCUT2D eigenvalue weighted by Crippen LogP contribution is -2.32. The van der Waals surface area contributed by atoms with Gasteiger partial charge in [0.05, 0.1) is 40.2 Å². The van der Waals surface area contributed by atoms with Gasteiger partial charge in [-0.15, -0.1) is 0 Å². The largest absolute Gasteiger partial charge is 0.497 e. The predicted molar refractivity (Wildman–Crippen MR) is 145 cm³/mol. The summed E-state index contributed by atoms with van der Waals surface area (Å²) in [7, 11) is 4.74. The summed E-state index contributed by atoms with van der Waals surface area (Å²) in [6.07, 6.45) is -0.627. The van der Waals surface area contributed by atoms with Crippen LogP contribution in [0.3, 0.4) is 0 Å². The Labute approximate surface area is 228 Å². The zero-order valence-electron chi connectivity index (χ0n) is 23.1. The van der Waals surface area contributed by atoms with E-state index in [9.17, 15) is 14.0 Å². The molecule has 1 amide bonds. The highest BCUT2D eigenvalue weighted by molar-refractivity contribution is 5.96. The maximum atomic E-state index is 14.4. The second-order valence-corrected chi connectivity index (χ2v) is 8.65. The summed E-state index contributed by atoms with van der Waals surface area (Å²) in [5, 5.41) is 0. The highest BCUT2D eigenvalue weighted by atomic mass is 19.1. The Hall–Kier alpha value is -4.11. The van der Waals surface area contributed by atoms with Crippen LogP contribution in [0.25, 0.3) is 0 Å². The Balaban J connectivity index is 0.000000631. The summed E-state index contributed by atoms with van der Waals surface area (Å²) in [5.41, 5.74) is 3.64. The molecular formula is C30H34FNO7. The Morgan fingerprint density at radius 1 is 1.00 bits per heavy atom. The first-order valence-corrected chi connectivity index (χ1v) is 12.4. The standard InChI is InChI=1S/C26H26FNO5.C4H8O2/c1-16-20(6-5-7-23(16)31-3)26-21-12-18(27)9-11-22(21)28(25(29)15-33-26)14-17-8-10-19(30-2)13-24(17)32-4;1-3-6-4(2)5/h5-13,26H,14-15H2,1-4H3;3H2,1-2H3/t26-;/m1./s1. The van der Waals surface area contributed by atoms with Crippen molar-refractivity contribution >= 4 is 17.6 Å². The fourth-order valence-electron chi connectivity index (χ4n) is 4.36. The third kappa shape index (κ3) is 7.06. The van der Waals surface area contributed by atoms with E-state index in [2.05, 4.69) is 4.74 Å². The number of esters is 1. The van der Waals surface area contributed by atoms with Gasteiger partial charge < -0.3 is 28.6 Å². The molecule has 0 saturated carbocycles. The van der Waals surface area contributed by atoms with E-state index < -0.39 is 11.9 Å². The molecule has 0 N–H and O–H groups in total. The van der Waals surface area contributed by atoms with Crippen molar-refractivity contribution in [3.05, 3.63) is 82.7 Å². The Morgan fingerprint density at radius 3 is 2.36 bits per heavy atom. The Kier molecular flexibility index (Phi) is 10.3. The van der Waals surface area contributed by atoms with Gasteiger partial charge in [0.1, 0.15) is 35.8 Å². The summed E-state index contributed by atoms with van der Waals surface area (Å²) in [5.74, 6) is 1.10. The van der Waals surface area contributed by atoms with Crippen molar-refractivity contribution in [3.63, 3.8) is 0 Å². The first-order valence-electron chi connectivity index (χ1n) is 12.4. The highest BCUT2D eigenvalue weighted by Gasteiger charge is 2.32. The SMILES string of the molecule is CCOC(C)=O.COc1ccc(CN2C(=O)CO[C@H](c3cccc(OC)c3C)c3cc(F)ccc32)c(OC)c1. The number of ether oxygens (including phenoxy) is 5. The van der Waals surface area contributed by atoms with Gasteiger partial charge >= 0.3 is 5.97 Å². The molecule has 0 fully saturated rings. The number of carbonyl (C=O) groups excluding carboxylic acids is 2. The second kappa shape index (κ2) is 13.6. The third-order valence-corrected chi connectivity index (χ3v) is 6.24. The molecule has 9 heteroatoms. The van der Waals surface area contributed by atoms with Crippen LogP contribution in [0.1, 0.15) is 42.2 Å². The molecule has 0 aromatic heterocycles. The van der Waals surface area contributed by atoms with Crippen LogP contribution in [0.15, 0.2) is 54.6 Å². The first kappa shape index (κ1) is 29.4. The topological polar surface area (TPSA) is 83.5 Å². The first-order chi connectivity index (χ1) is 18.7. The molecule has 39 heavy (non-hydrogen) atoms. The minimum absolute atomic E-state index is 0.157. The van der Waals surface area contributed by atoms with Crippen molar-refractivity contribution in [3.8, 4) is 17.2 Å². The predicted octanol–water partition coefficient (Wildman–Crippen LogP) is 5.38. The fourth-order valence-corrected chi connectivity index (χ4v) is 4.36. The summed E-state index contributed by atoms with van der Waals surface area (Å²) in [6, 6.07) is 15.4. The number of halogens is 1. The van der Waals surface area contributed by atoms with Crippen LogP contribution in [0.5, 0.6) is 17.2 Å². The summed E-state index contributed by atoms with van der Waals surface area (Å²) < 4.78 is 41.1. The zero-order chi connectivity index (χ0) is 28.5. The van der Waals surface area contributed by atoms with E-state index >= 15 is 0 Å². The molecule has 0 spiro atoms. The van der Waals surface area contributed by atoms with Crippen molar-refractivity contribution < 1.29 is 37.7 Å². The molecule has 3 aromatic rings. The summed E-state index contributed by atoms with van der Waals surface area (Å²) in [4.78, 5) is 24.6. The van der Waals surface area contributed by atoms with Gasteiger partial charge in [0.15, 0.2) is 0 Å². The smallest absolute Gasteiger partial charge is 0.302 e. The van der Waals surface area contributed by atoms with Gasteiger partial charge in [0.2, 0.25) is 0 Å². The van der Waals surface area contributed by atoms with E-state index in [1.807, 2.05) is 37.3 Å². The van der Waals surface area contributed by atoms with Crippen LogP contribution in [0.2, 0.25) is 0 Å². The molecule has 0 radical (unpaired) electrons. The number of hydrogen-bond acceptors (Lipinski definition) is 7. The van der Waals surface area contributed by atoms with Crippen molar-refractivity contribution in [1.82, 2.24) is 0 Å². The van der Waals surface area contributed by atoms with Crippen LogP contribution in [0.4, 0.5) is 10.1 Å². The number of hydrogen-bond donors (Lipinski definition) is 0. The maximum Gasteiger partial charge on any atom is 0.302 e. The number of amides is 1. The van der Waals surface area contributed by atoms with E-state index in [0.29, 0.717) is 35.1 Å². The maximum absolute atomic E-state index is 14.4. The van der Waals surface area contributed by atoms with Crippen molar-refractivity contribution in [2.75, 3.05) is 39.4 Å². The number of benzene rings is 3. The van der Waals surface area contributed by atoms with Crippen LogP contribution in [-0.4, -0.2) is 46.4 Å². The van der Waals surface area contributed by atoms with Crippen molar-refractivity contribution in [2.45, 2.75) is 33.4 Å². The van der Waals surface area contributed by atoms with Crippen LogP contribution in [-0.2, 0) is 25.6 Å². The average Bonchev–Trinajstić information content (AvgIpc) is 3.05. The van der Waals surface area contributed by atoms with Gasteiger partial charge in [-0.3, -0.25) is 9.59 Å². The minimum Gasteiger partial charge on any atom is -0.497 e. The Morgan fingerprint density at radius 2 is 1.74 bits per heavy atom. The molecule has 1 aliphatic rings. The lowest BCUT2D eigenvalue weighted by Gasteiger charge is -2.25. The zero-order valence-corrected chi connectivity index (χ0v) is 23.1. The van der Waals surface area contributed by atoms with Gasteiger partial charge in [0.25, 0.3) is 5.91 Å². The monoisotopic (exact) mass is 539 g/mol. The molecule has 0 aliphatic carbocycles. The number of methoxy groups -OCH3 is 3. The molecule has 1 atom stereocenters. The van der Waals surface area contributed by atoms with E-state index in [0.717, 1.165) is 16.7 Å². The number of nitrogens with zero attached hydrogens (tertiary/aromatic N) is 1. The fraction of sp³-hybridized carbons (Fsp3) is 0.333. The minimum atomic E-state index is -0.627. The second-order valence-electron chi connectivity index (χ2n) is 8.65. The van der Waals surface area contributed by atoms with Gasteiger partial charge in [0, 0.05) is 24.1 Å². The lowest BCUT2D eigenvalue weighted by atomic mass is 9.95. The number of rotatable bonds is 7. The van der Waals surface area contributed by atoms with Crippen LogP contribution in [0, 0.1) is 12.7 Å². The van der Waals surface area contributed by atoms with Gasteiger partial charge in [-0.2, -0.15) is 0 Å². The molecule has 0 bridgehead atoms. The van der Waals surface area contributed by atoms with E-state index in [1.165, 1.54) is 19.1 Å². The molecule has 3 aromatic carbocycles. The number of carbonyl (C=O) groups is 2. The summed E-state index contributed by atoms with van der Waals surface area (Å²) in [6.45, 7) is 5.65. The van der Waals surface area contributed by atoms with Gasteiger partial charge in [-0.1, -0.05) is 12.1 Å². The molecule has 208 valence electrons. The highest BCUT2D eigenvalue weighted by Crippen LogP contribution is 2.40. The van der Waals surface area contributed by atoms with Gasteiger partial charge in [-0.05, 0) is 61.4 Å². The molecule has 1 aliphatic heterocycles. The molecule has 4 rings (SSSR count). The molecule has 0 unspecified atom stereocenters. The average molecular weight is 540 g/mol. The lowest BCUT2D eigenvalue weighted by molar-refractivity contribution is -0.140.